The second-order valence-electron chi connectivity index (χ2n) is 5.12. The Bertz CT molecular complexity index is 235. The number of carbonyl (C=O) groups is 1. The van der Waals surface area contributed by atoms with Crippen molar-refractivity contribution in [1.82, 2.24) is 5.32 Å². The van der Waals surface area contributed by atoms with Crippen molar-refractivity contribution < 1.29 is 14.3 Å². The van der Waals surface area contributed by atoms with E-state index in [0.717, 1.165) is 44.9 Å². The molecule has 4 heteroatoms. The fourth-order valence-corrected chi connectivity index (χ4v) is 2.01. The van der Waals surface area contributed by atoms with Crippen molar-refractivity contribution in [2.45, 2.75) is 45.6 Å². The summed E-state index contributed by atoms with van der Waals surface area (Å²) in [7, 11) is 0. The Balaban J connectivity index is 2.21. The average molecular weight is 243 g/mol. The molecule has 0 amide bonds. The van der Waals surface area contributed by atoms with Gasteiger partial charge < -0.3 is 14.8 Å². The molecule has 0 aromatic rings. The summed E-state index contributed by atoms with van der Waals surface area (Å²) < 4.78 is 10.4. The van der Waals surface area contributed by atoms with E-state index in [1.54, 1.807) is 0 Å². The van der Waals surface area contributed by atoms with Crippen LogP contribution in [0.4, 0.5) is 0 Å². The molecule has 1 aliphatic rings. The van der Waals surface area contributed by atoms with Crippen molar-refractivity contribution in [1.29, 1.82) is 0 Å². The van der Waals surface area contributed by atoms with Gasteiger partial charge in [-0.15, -0.1) is 0 Å². The third-order valence-electron chi connectivity index (χ3n) is 3.25. The van der Waals surface area contributed by atoms with Gasteiger partial charge in [-0.2, -0.15) is 0 Å². The van der Waals surface area contributed by atoms with Crippen molar-refractivity contribution in [2.24, 2.45) is 5.92 Å². The van der Waals surface area contributed by atoms with Crippen LogP contribution < -0.4 is 5.32 Å². The van der Waals surface area contributed by atoms with Gasteiger partial charge in [0.1, 0.15) is 5.54 Å². The zero-order chi connectivity index (χ0) is 12.7. The molecule has 0 atom stereocenters. The van der Waals surface area contributed by atoms with E-state index < -0.39 is 5.54 Å². The van der Waals surface area contributed by atoms with Gasteiger partial charge in [-0.25, -0.2) is 0 Å². The highest BCUT2D eigenvalue weighted by atomic mass is 16.5. The Morgan fingerprint density at radius 1 is 1.41 bits per heavy atom. The SMILES string of the molecule is CCOC(=O)C(C)(C)NCCC1CCOCC1. The minimum Gasteiger partial charge on any atom is -0.465 e. The smallest absolute Gasteiger partial charge is 0.325 e. The molecule has 1 heterocycles. The fraction of sp³-hybridized carbons (Fsp3) is 0.923. The molecule has 0 aromatic heterocycles. The molecule has 0 radical (unpaired) electrons. The summed E-state index contributed by atoms with van der Waals surface area (Å²) in [4.78, 5) is 11.6. The molecule has 17 heavy (non-hydrogen) atoms. The normalized spacial score (nSPS) is 18.1. The Kier molecular flexibility index (Phi) is 5.92. The van der Waals surface area contributed by atoms with E-state index >= 15 is 0 Å². The van der Waals surface area contributed by atoms with E-state index in [1.807, 2.05) is 20.8 Å². The molecule has 1 aliphatic heterocycles. The maximum atomic E-state index is 11.6. The van der Waals surface area contributed by atoms with Crippen molar-refractivity contribution >= 4 is 5.97 Å². The Labute approximate surface area is 104 Å². The standard InChI is InChI=1S/C13H25NO3/c1-4-17-12(15)13(2,3)14-8-5-11-6-9-16-10-7-11/h11,14H,4-10H2,1-3H3. The van der Waals surface area contributed by atoms with Gasteiger partial charge in [-0.3, -0.25) is 4.79 Å². The highest BCUT2D eigenvalue weighted by molar-refractivity contribution is 5.79. The number of hydrogen-bond acceptors (Lipinski definition) is 4. The largest absolute Gasteiger partial charge is 0.465 e. The Morgan fingerprint density at radius 3 is 2.65 bits per heavy atom. The molecule has 0 spiro atoms. The molecular weight excluding hydrogens is 218 g/mol. The van der Waals surface area contributed by atoms with Crippen LogP contribution in [0, 0.1) is 5.92 Å². The van der Waals surface area contributed by atoms with Crippen LogP contribution in [0.1, 0.15) is 40.0 Å². The number of hydrogen-bond donors (Lipinski definition) is 1. The number of carbonyl (C=O) groups excluding carboxylic acids is 1. The summed E-state index contributed by atoms with van der Waals surface area (Å²) in [6.07, 6.45) is 3.38. The number of esters is 1. The van der Waals surface area contributed by atoms with E-state index in [4.69, 9.17) is 9.47 Å². The van der Waals surface area contributed by atoms with Gasteiger partial charge in [0, 0.05) is 13.2 Å². The summed E-state index contributed by atoms with van der Waals surface area (Å²) in [5.74, 6) is 0.557. The Hall–Kier alpha value is -0.610. The first kappa shape index (κ1) is 14.5. The summed E-state index contributed by atoms with van der Waals surface area (Å²) in [6, 6.07) is 0. The molecule has 0 saturated carbocycles. The van der Waals surface area contributed by atoms with Crippen molar-refractivity contribution in [3.8, 4) is 0 Å². The lowest BCUT2D eigenvalue weighted by Gasteiger charge is -2.26. The van der Waals surface area contributed by atoms with Gasteiger partial charge in [0.05, 0.1) is 6.61 Å². The molecule has 0 unspecified atom stereocenters. The molecule has 100 valence electrons. The monoisotopic (exact) mass is 243 g/mol. The highest BCUT2D eigenvalue weighted by Crippen LogP contribution is 2.18. The zero-order valence-corrected chi connectivity index (χ0v) is 11.3. The first-order valence-corrected chi connectivity index (χ1v) is 6.56. The molecule has 0 aromatic carbocycles. The van der Waals surface area contributed by atoms with Crippen LogP contribution in [-0.4, -0.2) is 37.9 Å². The quantitative estimate of drug-likeness (QED) is 0.722. The lowest BCUT2D eigenvalue weighted by molar-refractivity contribution is -0.149. The summed E-state index contributed by atoms with van der Waals surface area (Å²) in [5.41, 5.74) is -0.582. The third-order valence-corrected chi connectivity index (χ3v) is 3.25. The first-order chi connectivity index (χ1) is 8.06. The summed E-state index contributed by atoms with van der Waals surface area (Å²) in [6.45, 7) is 8.62. The van der Waals surface area contributed by atoms with Crippen LogP contribution >= 0.6 is 0 Å². The third kappa shape index (κ3) is 5.04. The zero-order valence-electron chi connectivity index (χ0n) is 11.3. The summed E-state index contributed by atoms with van der Waals surface area (Å²) in [5, 5.41) is 3.28. The van der Waals surface area contributed by atoms with Crippen LogP contribution in [0.3, 0.4) is 0 Å². The first-order valence-electron chi connectivity index (χ1n) is 6.56. The van der Waals surface area contributed by atoms with E-state index in [-0.39, 0.29) is 5.97 Å². The summed E-state index contributed by atoms with van der Waals surface area (Å²) >= 11 is 0. The highest BCUT2D eigenvalue weighted by Gasteiger charge is 2.28. The molecule has 1 N–H and O–H groups in total. The molecule has 4 nitrogen and oxygen atoms in total. The maximum Gasteiger partial charge on any atom is 0.325 e. The fourth-order valence-electron chi connectivity index (χ4n) is 2.01. The predicted octanol–water partition coefficient (Wildman–Crippen LogP) is 1.73. The van der Waals surface area contributed by atoms with Crippen LogP contribution in [0.25, 0.3) is 0 Å². The van der Waals surface area contributed by atoms with Crippen molar-refractivity contribution in [3.05, 3.63) is 0 Å². The molecule has 1 rings (SSSR count). The van der Waals surface area contributed by atoms with E-state index in [1.165, 1.54) is 0 Å². The lowest BCUT2D eigenvalue weighted by atomic mass is 9.96. The van der Waals surface area contributed by atoms with Crippen molar-refractivity contribution in [3.63, 3.8) is 0 Å². The van der Waals surface area contributed by atoms with E-state index in [0.29, 0.717) is 6.61 Å². The van der Waals surface area contributed by atoms with Crippen LogP contribution in [0.15, 0.2) is 0 Å². The van der Waals surface area contributed by atoms with Gasteiger partial charge in [0.25, 0.3) is 0 Å². The Morgan fingerprint density at radius 2 is 2.06 bits per heavy atom. The van der Waals surface area contributed by atoms with Gasteiger partial charge in [0.15, 0.2) is 0 Å². The molecular formula is C13H25NO3. The second-order valence-corrected chi connectivity index (χ2v) is 5.12. The van der Waals surface area contributed by atoms with Crippen LogP contribution in [-0.2, 0) is 14.3 Å². The van der Waals surface area contributed by atoms with E-state index in [2.05, 4.69) is 5.32 Å². The minimum atomic E-state index is -0.582. The van der Waals surface area contributed by atoms with Gasteiger partial charge in [-0.05, 0) is 52.5 Å². The number of rotatable bonds is 6. The minimum absolute atomic E-state index is 0.174. The molecule has 0 bridgehead atoms. The predicted molar refractivity (Wildman–Crippen MR) is 66.9 cm³/mol. The molecule has 1 fully saturated rings. The number of ether oxygens (including phenoxy) is 2. The molecule has 0 aliphatic carbocycles. The van der Waals surface area contributed by atoms with Gasteiger partial charge in [-0.1, -0.05) is 0 Å². The molecule has 1 saturated heterocycles. The van der Waals surface area contributed by atoms with E-state index in [9.17, 15) is 4.79 Å². The second kappa shape index (κ2) is 6.97. The lowest BCUT2D eigenvalue weighted by Crippen LogP contribution is -2.48. The number of nitrogens with one attached hydrogen (secondary N) is 1. The van der Waals surface area contributed by atoms with Crippen LogP contribution in [0.5, 0.6) is 0 Å². The van der Waals surface area contributed by atoms with Crippen LogP contribution in [0.2, 0.25) is 0 Å². The van der Waals surface area contributed by atoms with Crippen molar-refractivity contribution in [2.75, 3.05) is 26.4 Å². The maximum absolute atomic E-state index is 11.6. The topological polar surface area (TPSA) is 47.6 Å². The average Bonchev–Trinajstić information content (AvgIpc) is 2.30. The van der Waals surface area contributed by atoms with Gasteiger partial charge in [0.2, 0.25) is 0 Å². The van der Waals surface area contributed by atoms with Gasteiger partial charge >= 0.3 is 5.97 Å².